The zero-order valence-corrected chi connectivity index (χ0v) is 16.8. The second-order valence-electron chi connectivity index (χ2n) is 8.08. The highest BCUT2D eigenvalue weighted by Gasteiger charge is 2.47. The standard InChI is InChI=1S/C22H32N2O4/c1-2-26-22(25)23-15-18-13-19(9-10-21-27-11-6-12-28-21)24(20(18)16-23)14-17-7-4-3-5-8-17/h3-5,7-8,18-21H,2,6,9-16H2,1H3/t18-,19+,20+/m1/s1. The fourth-order valence-corrected chi connectivity index (χ4v) is 4.94. The van der Waals surface area contributed by atoms with Crippen LogP contribution in [0.3, 0.4) is 0 Å². The molecule has 3 fully saturated rings. The summed E-state index contributed by atoms with van der Waals surface area (Å²) < 4.78 is 16.7. The van der Waals surface area contributed by atoms with Crippen molar-refractivity contribution in [2.45, 2.75) is 57.5 Å². The van der Waals surface area contributed by atoms with Crippen LogP contribution in [0.1, 0.15) is 38.2 Å². The molecule has 3 atom stereocenters. The van der Waals surface area contributed by atoms with Gasteiger partial charge in [0.2, 0.25) is 0 Å². The van der Waals surface area contributed by atoms with Crippen molar-refractivity contribution in [3.05, 3.63) is 35.9 Å². The van der Waals surface area contributed by atoms with Crippen molar-refractivity contribution < 1.29 is 19.0 Å². The average Bonchev–Trinajstić information content (AvgIpc) is 3.27. The Kier molecular flexibility index (Phi) is 6.50. The molecule has 0 spiro atoms. The van der Waals surface area contributed by atoms with Gasteiger partial charge in [-0.15, -0.1) is 0 Å². The van der Waals surface area contributed by atoms with E-state index >= 15 is 0 Å². The number of hydrogen-bond acceptors (Lipinski definition) is 5. The maximum atomic E-state index is 12.2. The van der Waals surface area contributed by atoms with E-state index in [1.165, 1.54) is 5.56 Å². The maximum absolute atomic E-state index is 12.2. The lowest BCUT2D eigenvalue weighted by atomic mass is 10.0. The monoisotopic (exact) mass is 388 g/mol. The molecule has 3 saturated heterocycles. The number of benzene rings is 1. The zero-order chi connectivity index (χ0) is 19.3. The third kappa shape index (κ3) is 4.50. The van der Waals surface area contributed by atoms with E-state index in [-0.39, 0.29) is 12.4 Å². The fraction of sp³-hybridized carbons (Fsp3) is 0.682. The highest BCUT2D eigenvalue weighted by molar-refractivity contribution is 5.68. The Bertz CT molecular complexity index is 635. The molecule has 0 radical (unpaired) electrons. The molecular formula is C22H32N2O4. The van der Waals surface area contributed by atoms with Crippen molar-refractivity contribution in [2.24, 2.45) is 5.92 Å². The van der Waals surface area contributed by atoms with Gasteiger partial charge < -0.3 is 19.1 Å². The highest BCUT2D eigenvalue weighted by Crippen LogP contribution is 2.39. The Morgan fingerprint density at radius 2 is 1.93 bits per heavy atom. The average molecular weight is 389 g/mol. The van der Waals surface area contributed by atoms with Gasteiger partial charge >= 0.3 is 6.09 Å². The molecule has 0 saturated carbocycles. The van der Waals surface area contributed by atoms with Crippen LogP contribution in [0.25, 0.3) is 0 Å². The molecule has 1 amide bonds. The van der Waals surface area contributed by atoms with Crippen molar-refractivity contribution in [3.63, 3.8) is 0 Å². The minimum absolute atomic E-state index is 0.0520. The lowest BCUT2D eigenvalue weighted by Crippen LogP contribution is -2.41. The number of amides is 1. The summed E-state index contributed by atoms with van der Waals surface area (Å²) in [4.78, 5) is 16.7. The van der Waals surface area contributed by atoms with Crippen molar-refractivity contribution >= 4 is 6.09 Å². The Hall–Kier alpha value is -1.63. The Morgan fingerprint density at radius 3 is 2.68 bits per heavy atom. The van der Waals surface area contributed by atoms with Crippen LogP contribution in [-0.4, -0.2) is 67.2 Å². The van der Waals surface area contributed by atoms with E-state index in [1.807, 2.05) is 11.8 Å². The van der Waals surface area contributed by atoms with E-state index < -0.39 is 0 Å². The molecule has 0 unspecified atom stereocenters. The topological polar surface area (TPSA) is 51.2 Å². The molecule has 6 nitrogen and oxygen atoms in total. The quantitative estimate of drug-likeness (QED) is 0.749. The van der Waals surface area contributed by atoms with Crippen LogP contribution >= 0.6 is 0 Å². The first-order valence-corrected chi connectivity index (χ1v) is 10.7. The first kappa shape index (κ1) is 19.7. The second-order valence-corrected chi connectivity index (χ2v) is 8.08. The molecule has 3 aliphatic heterocycles. The molecule has 3 aliphatic rings. The van der Waals surface area contributed by atoms with Gasteiger partial charge in [0.15, 0.2) is 6.29 Å². The van der Waals surface area contributed by atoms with Gasteiger partial charge in [0, 0.05) is 31.7 Å². The zero-order valence-electron chi connectivity index (χ0n) is 16.8. The smallest absolute Gasteiger partial charge is 0.409 e. The van der Waals surface area contributed by atoms with E-state index in [2.05, 4.69) is 35.2 Å². The summed E-state index contributed by atoms with van der Waals surface area (Å²) in [5.41, 5.74) is 1.33. The van der Waals surface area contributed by atoms with E-state index in [0.29, 0.717) is 24.6 Å². The van der Waals surface area contributed by atoms with Crippen LogP contribution in [-0.2, 0) is 20.8 Å². The molecule has 0 aliphatic carbocycles. The second kappa shape index (κ2) is 9.25. The predicted octanol–water partition coefficient (Wildman–Crippen LogP) is 3.26. The van der Waals surface area contributed by atoms with Crippen molar-refractivity contribution in [3.8, 4) is 0 Å². The van der Waals surface area contributed by atoms with E-state index in [0.717, 1.165) is 58.5 Å². The number of ether oxygens (including phenoxy) is 3. The predicted molar refractivity (Wildman–Crippen MR) is 106 cm³/mol. The largest absolute Gasteiger partial charge is 0.450 e. The van der Waals surface area contributed by atoms with Crippen LogP contribution in [0.5, 0.6) is 0 Å². The minimum Gasteiger partial charge on any atom is -0.450 e. The number of nitrogens with zero attached hydrogens (tertiary/aromatic N) is 2. The molecule has 0 N–H and O–H groups in total. The van der Waals surface area contributed by atoms with Crippen LogP contribution < -0.4 is 0 Å². The van der Waals surface area contributed by atoms with Gasteiger partial charge in [0.1, 0.15) is 0 Å². The first-order valence-electron chi connectivity index (χ1n) is 10.7. The summed E-state index contributed by atoms with van der Waals surface area (Å²) in [5.74, 6) is 0.520. The van der Waals surface area contributed by atoms with Gasteiger partial charge in [0.25, 0.3) is 0 Å². The maximum Gasteiger partial charge on any atom is 0.409 e. The molecule has 4 rings (SSSR count). The number of carbonyl (C=O) groups is 1. The van der Waals surface area contributed by atoms with E-state index in [4.69, 9.17) is 14.2 Å². The van der Waals surface area contributed by atoms with Gasteiger partial charge in [0.05, 0.1) is 19.8 Å². The molecular weight excluding hydrogens is 356 g/mol. The minimum atomic E-state index is -0.169. The molecule has 1 aromatic rings. The lowest BCUT2D eigenvalue weighted by molar-refractivity contribution is -0.182. The van der Waals surface area contributed by atoms with Gasteiger partial charge in [-0.1, -0.05) is 30.3 Å². The van der Waals surface area contributed by atoms with Crippen LogP contribution in [0.15, 0.2) is 30.3 Å². The van der Waals surface area contributed by atoms with Crippen molar-refractivity contribution in [2.75, 3.05) is 32.9 Å². The Labute approximate surface area is 167 Å². The van der Waals surface area contributed by atoms with Crippen molar-refractivity contribution in [1.29, 1.82) is 0 Å². The summed E-state index contributed by atoms with van der Waals surface area (Å²) >= 11 is 0. The summed E-state index contributed by atoms with van der Waals surface area (Å²) in [6.07, 6.45) is 3.91. The molecule has 0 bridgehead atoms. The summed E-state index contributed by atoms with van der Waals surface area (Å²) in [7, 11) is 0. The van der Waals surface area contributed by atoms with Crippen LogP contribution in [0.2, 0.25) is 0 Å². The number of rotatable bonds is 6. The Morgan fingerprint density at radius 1 is 1.14 bits per heavy atom. The Balaban J connectivity index is 1.42. The number of fused-ring (bicyclic) bond motifs is 1. The van der Waals surface area contributed by atoms with Gasteiger partial charge in [-0.2, -0.15) is 0 Å². The van der Waals surface area contributed by atoms with E-state index in [9.17, 15) is 4.79 Å². The van der Waals surface area contributed by atoms with Gasteiger partial charge in [-0.25, -0.2) is 4.79 Å². The third-order valence-corrected chi connectivity index (χ3v) is 6.24. The third-order valence-electron chi connectivity index (χ3n) is 6.24. The molecule has 6 heteroatoms. The lowest BCUT2D eigenvalue weighted by Gasteiger charge is -2.32. The molecule has 154 valence electrons. The summed E-state index contributed by atoms with van der Waals surface area (Å²) in [5, 5.41) is 0. The number of carbonyl (C=O) groups excluding carboxylic acids is 1. The van der Waals surface area contributed by atoms with Crippen LogP contribution in [0, 0.1) is 5.92 Å². The number of likely N-dealkylation sites (tertiary alicyclic amines) is 2. The van der Waals surface area contributed by atoms with E-state index in [1.54, 1.807) is 0 Å². The SMILES string of the molecule is CCOC(=O)N1C[C@H]2C[C@H](CCC3OCCCO3)N(Cc3ccccc3)[C@H]2C1. The van der Waals surface area contributed by atoms with Gasteiger partial charge in [-0.3, -0.25) is 4.90 Å². The molecule has 28 heavy (non-hydrogen) atoms. The summed E-state index contributed by atoms with van der Waals surface area (Å²) in [6, 6.07) is 11.5. The normalized spacial score (nSPS) is 28.5. The molecule has 3 heterocycles. The fourth-order valence-electron chi connectivity index (χ4n) is 4.94. The van der Waals surface area contributed by atoms with Crippen LogP contribution in [0.4, 0.5) is 4.79 Å². The first-order chi connectivity index (χ1) is 13.7. The molecule has 1 aromatic carbocycles. The van der Waals surface area contributed by atoms with Gasteiger partial charge in [-0.05, 0) is 44.1 Å². The highest BCUT2D eigenvalue weighted by atomic mass is 16.7. The van der Waals surface area contributed by atoms with Crippen molar-refractivity contribution in [1.82, 2.24) is 9.80 Å². The summed E-state index contributed by atoms with van der Waals surface area (Å²) in [6.45, 7) is 6.41. The number of hydrogen-bond donors (Lipinski definition) is 0. The molecule has 0 aromatic heterocycles.